The molecule has 3 aliphatic rings. The largest absolute Gasteiger partial charge is 0.463 e. The van der Waals surface area contributed by atoms with Crippen molar-refractivity contribution in [3.8, 4) is 0 Å². The van der Waals surface area contributed by atoms with E-state index in [1.807, 2.05) is 41.5 Å². The van der Waals surface area contributed by atoms with Crippen molar-refractivity contribution < 1.29 is 119 Å². The van der Waals surface area contributed by atoms with Crippen molar-refractivity contribution in [1.82, 2.24) is 52.3 Å². The van der Waals surface area contributed by atoms with Crippen LogP contribution in [0.5, 0.6) is 0 Å². The summed E-state index contributed by atoms with van der Waals surface area (Å²) < 4.78 is 70.0. The Labute approximate surface area is 673 Å². The van der Waals surface area contributed by atoms with E-state index in [1.165, 1.54) is 59.8 Å². The molecule has 36 heteroatoms. The van der Waals surface area contributed by atoms with Gasteiger partial charge in [0.25, 0.3) is 5.91 Å². The number of ether oxygens (including phenoxy) is 9. The van der Waals surface area contributed by atoms with Gasteiger partial charge in [0.05, 0.1) is 43.0 Å². The molecule has 3 aliphatic heterocycles. The molecule has 0 bridgehead atoms. The summed E-state index contributed by atoms with van der Waals surface area (Å²) in [4.78, 5) is 166. The van der Waals surface area contributed by atoms with Crippen LogP contribution in [0.4, 0.5) is 0 Å². The Morgan fingerprint density at radius 2 is 0.658 bits per heavy atom. The molecule has 0 aromatic heterocycles. The van der Waals surface area contributed by atoms with Gasteiger partial charge in [0.1, 0.15) is 19.8 Å². The lowest BCUT2D eigenvalue weighted by atomic mass is 9.82. The van der Waals surface area contributed by atoms with Crippen molar-refractivity contribution in [2.45, 2.75) is 266 Å². The molecule has 114 heavy (non-hydrogen) atoms. The van der Waals surface area contributed by atoms with Gasteiger partial charge in [0.15, 0.2) is 32.3 Å². The van der Waals surface area contributed by atoms with Crippen LogP contribution in [-0.4, -0.2) is 272 Å². The number of hydrogen-bond donors (Lipinski definition) is 9. The molecule has 0 aromatic rings. The van der Waals surface area contributed by atoms with E-state index in [0.717, 1.165) is 0 Å². The highest BCUT2D eigenvalue weighted by molar-refractivity contribution is 7.57. The number of rotatable bonds is 56. The molecule has 0 aromatic carbocycles. The Morgan fingerprint density at radius 1 is 0.377 bits per heavy atom. The molecule has 3 fully saturated rings. The second-order valence-electron chi connectivity index (χ2n) is 30.6. The van der Waals surface area contributed by atoms with Crippen LogP contribution >= 0.6 is 7.37 Å². The fourth-order valence-corrected chi connectivity index (χ4v) is 13.9. The lowest BCUT2D eigenvalue weighted by Gasteiger charge is -2.44. The molecule has 0 spiro atoms. The van der Waals surface area contributed by atoms with Crippen molar-refractivity contribution >= 4 is 84.3 Å². The predicted molar refractivity (Wildman–Crippen MR) is 419 cm³/mol. The summed E-state index contributed by atoms with van der Waals surface area (Å²) in [6.07, 6.45) is 1.16. The van der Waals surface area contributed by atoms with Gasteiger partial charge in [-0.1, -0.05) is 41.5 Å². The number of carbonyl (C=O) groups is 13. The van der Waals surface area contributed by atoms with Gasteiger partial charge >= 0.3 is 17.9 Å². The number of unbranched alkanes of at least 4 members (excludes halogenated alkanes) is 4. The quantitative estimate of drug-likeness (QED) is 0.0181. The van der Waals surface area contributed by atoms with Crippen LogP contribution in [0, 0.1) is 35.5 Å². The van der Waals surface area contributed by atoms with Crippen LogP contribution in [0.15, 0.2) is 0 Å². The normalized spacial score (nSPS) is 23.6. The Kier molecular flexibility index (Phi) is 49.4. The second-order valence-corrected chi connectivity index (χ2v) is 33.4. The molecule has 3 rings (SSSR count). The maximum atomic E-state index is 14.0. The van der Waals surface area contributed by atoms with Gasteiger partial charge in [-0.25, -0.2) is 0 Å². The van der Waals surface area contributed by atoms with Crippen molar-refractivity contribution in [3.05, 3.63) is 0 Å². The predicted octanol–water partition coefficient (Wildman–Crippen LogP) is 3.80. The third-order valence-electron chi connectivity index (χ3n) is 20.6. The maximum Gasteiger partial charge on any atom is 0.302 e. The first-order valence-corrected chi connectivity index (χ1v) is 43.3. The zero-order chi connectivity index (χ0) is 84.9. The Hall–Kier alpha value is -6.98. The summed E-state index contributed by atoms with van der Waals surface area (Å²) in [5.41, 5.74) is 0. The summed E-state index contributed by atoms with van der Waals surface area (Å²) in [6, 6.07) is -1.31. The van der Waals surface area contributed by atoms with Crippen LogP contribution in [-0.2, 0) is 114 Å². The van der Waals surface area contributed by atoms with Gasteiger partial charge in [-0.15, -0.1) is 0 Å². The number of aliphatic hydroxyl groups excluding tert-OH is 1. The van der Waals surface area contributed by atoms with Crippen LogP contribution in [0.2, 0.25) is 0 Å². The fraction of sp³-hybridized carbons (Fsp3) is 0.833. The van der Waals surface area contributed by atoms with Gasteiger partial charge in [-0.2, -0.15) is 0 Å². The molecule has 10 amide bonds. The van der Waals surface area contributed by atoms with Crippen LogP contribution in [0.1, 0.15) is 205 Å². The molecular formula is C78H137N10O25P. The number of hydrogen-bond acceptors (Lipinski definition) is 25. The summed E-state index contributed by atoms with van der Waals surface area (Å²) in [7, 11) is -3.07. The number of nitrogens with one attached hydrogen (secondary N) is 8. The number of nitrogens with zero attached hydrogens (tertiary/aromatic N) is 2. The first-order valence-electron chi connectivity index (χ1n) is 40.8. The van der Waals surface area contributed by atoms with E-state index in [-0.39, 0.29) is 226 Å². The molecule has 0 saturated carbocycles. The van der Waals surface area contributed by atoms with Crippen molar-refractivity contribution in [2.24, 2.45) is 35.5 Å². The van der Waals surface area contributed by atoms with E-state index in [4.69, 9.17) is 47.2 Å². The average molecular weight is 1650 g/mol. The van der Waals surface area contributed by atoms with Gasteiger partial charge in [0.2, 0.25) is 53.2 Å². The molecule has 0 radical (unpaired) electrons. The van der Waals surface area contributed by atoms with E-state index in [2.05, 4.69) is 42.5 Å². The highest BCUT2D eigenvalue weighted by Gasteiger charge is 2.46. The zero-order valence-electron chi connectivity index (χ0n) is 70.1. The number of amides is 10. The highest BCUT2D eigenvalue weighted by Crippen LogP contribution is 2.38. The summed E-state index contributed by atoms with van der Waals surface area (Å²) >= 11 is 0. The SMILES string of the molecule is CC(=O)NC1C(OCCCCC(=O)NCCCC(=O)NCCCN(CCCCN(CCCNC(=O)CCCNC(=O)CCCCOC2OC(COC(C)=O)C(C)C(C)C2NC(C)=O)C(=O)C(O)COP(C)(C)=O)C(=O)CCCNC(=O)CCCCOC2OC(COC(C)=O)C(C)C(C)C2NC(C)=O)OC(COC(C)=O)C(C)C1C. The summed E-state index contributed by atoms with van der Waals surface area (Å²) in [5.74, 6) is -4.32. The first-order chi connectivity index (χ1) is 54.0. The number of esters is 3. The highest BCUT2D eigenvalue weighted by atomic mass is 31.2. The van der Waals surface area contributed by atoms with Crippen molar-refractivity contribution in [3.63, 3.8) is 0 Å². The van der Waals surface area contributed by atoms with E-state index in [0.29, 0.717) is 83.5 Å². The molecule has 9 N–H and O–H groups in total. The lowest BCUT2D eigenvalue weighted by Crippen LogP contribution is -2.58. The van der Waals surface area contributed by atoms with Crippen LogP contribution in [0.3, 0.4) is 0 Å². The van der Waals surface area contributed by atoms with Gasteiger partial charge in [-0.3, -0.25) is 66.9 Å². The Bertz CT molecular complexity index is 3040. The standard InChI is InChI=1S/C78H137N10O25P/c1-50-53(4)72(84-56(7)89)76(111-63(50)47-107-59(10)92)104-43-20-15-28-66(96)79-34-23-31-69(99)82-37-26-41-87(71(101)33-25-36-81-68(98)30-17-22-45-106-78-74(86-58(9)91)55(6)52(3)65(113-78)49-109-61(12)94)39-18-19-40-88(75(102)62(95)46-110-114(13,14)103)42-27-38-83-70(100)32-24-35-80-67(97)29-16-21-44-105-77-73(85-57(8)90)54(5)51(2)64(112-77)48-108-60(11)93/h50-55,62-65,72-74,76-78,95H,15-49H2,1-14H3,(H,79,96)(H,80,97)(H,81,98)(H,82,99)(H,83,100)(H,84,89)(H,85,90)(H,86,91). The van der Waals surface area contributed by atoms with Crippen molar-refractivity contribution in [1.29, 1.82) is 0 Å². The minimum Gasteiger partial charge on any atom is -0.463 e. The van der Waals surface area contributed by atoms with E-state index in [9.17, 15) is 72.0 Å². The zero-order valence-corrected chi connectivity index (χ0v) is 71.0. The summed E-state index contributed by atoms with van der Waals surface area (Å²) in [6.45, 7) is 25.0. The van der Waals surface area contributed by atoms with Gasteiger partial charge in [0, 0.05) is 172 Å². The minimum absolute atomic E-state index is 0.0388. The smallest absolute Gasteiger partial charge is 0.302 e. The topological polar surface area (TPSA) is 454 Å². The Morgan fingerprint density at radius 3 is 0.965 bits per heavy atom. The molecule has 0 aliphatic carbocycles. The molecule has 16 atom stereocenters. The molecule has 35 nitrogen and oxygen atoms in total. The number of aliphatic hydroxyl groups is 1. The molecule has 16 unspecified atom stereocenters. The number of carbonyl (C=O) groups excluding carboxylic acids is 13. The van der Waals surface area contributed by atoms with E-state index < -0.39 is 99.2 Å². The van der Waals surface area contributed by atoms with Gasteiger partial charge in [-0.05, 0) is 119 Å². The minimum atomic E-state index is -3.07. The van der Waals surface area contributed by atoms with E-state index in [1.54, 1.807) is 4.90 Å². The molecule has 3 saturated heterocycles. The second kappa shape index (κ2) is 55.6. The molecule has 3 heterocycles. The third kappa shape index (κ3) is 42.2. The summed E-state index contributed by atoms with van der Waals surface area (Å²) in [5, 5.41) is 34.0. The maximum absolute atomic E-state index is 14.0. The first kappa shape index (κ1) is 101. The molecular weight excluding hydrogens is 1510 g/mol. The lowest BCUT2D eigenvalue weighted by molar-refractivity contribution is -0.244. The average Bonchev–Trinajstić information content (AvgIpc) is 0.817. The van der Waals surface area contributed by atoms with Gasteiger partial charge < -0.3 is 105 Å². The fourth-order valence-electron chi connectivity index (χ4n) is 13.4. The van der Waals surface area contributed by atoms with Crippen LogP contribution in [0.25, 0.3) is 0 Å². The van der Waals surface area contributed by atoms with Crippen molar-refractivity contribution in [2.75, 3.05) is 118 Å². The van der Waals surface area contributed by atoms with Crippen LogP contribution < -0.4 is 42.5 Å². The monoisotopic (exact) mass is 1640 g/mol. The Balaban J connectivity index is 1.52. The van der Waals surface area contributed by atoms with E-state index >= 15 is 0 Å². The molecule has 654 valence electrons. The third-order valence-corrected chi connectivity index (χ3v) is 21.4.